The van der Waals surface area contributed by atoms with Gasteiger partial charge in [-0.1, -0.05) is 24.6 Å². The molecule has 1 aromatic rings. The number of nitrogens with zero attached hydrogens (tertiary/aromatic N) is 1. The van der Waals surface area contributed by atoms with Gasteiger partial charge in [0.05, 0.1) is 13.0 Å². The molecule has 0 aliphatic rings. The summed E-state index contributed by atoms with van der Waals surface area (Å²) in [5, 5.41) is 0.658. The SMILES string of the molecule is COC(=O)C(C)CN(C)CCOc1cccc(Cl)c1. The van der Waals surface area contributed by atoms with E-state index in [9.17, 15) is 4.79 Å². The molecule has 1 aromatic carbocycles. The van der Waals surface area contributed by atoms with Crippen LogP contribution in [0.5, 0.6) is 5.75 Å². The van der Waals surface area contributed by atoms with E-state index in [0.29, 0.717) is 18.2 Å². The van der Waals surface area contributed by atoms with Crippen molar-refractivity contribution in [3.05, 3.63) is 29.3 Å². The molecule has 1 rings (SSSR count). The van der Waals surface area contributed by atoms with Gasteiger partial charge in [0.1, 0.15) is 12.4 Å². The number of carbonyl (C=O) groups excluding carboxylic acids is 1. The number of benzene rings is 1. The number of rotatable bonds is 7. The molecule has 0 spiro atoms. The lowest BCUT2D eigenvalue weighted by Gasteiger charge is -2.20. The van der Waals surface area contributed by atoms with Crippen LogP contribution in [0.3, 0.4) is 0 Å². The van der Waals surface area contributed by atoms with E-state index in [2.05, 4.69) is 4.74 Å². The van der Waals surface area contributed by atoms with Gasteiger partial charge in [0.2, 0.25) is 0 Å². The molecule has 0 aromatic heterocycles. The molecule has 1 atom stereocenters. The minimum absolute atomic E-state index is 0.138. The Hall–Kier alpha value is -1.26. The second-order valence-electron chi connectivity index (χ2n) is 4.49. The molecule has 0 saturated heterocycles. The van der Waals surface area contributed by atoms with Crippen molar-refractivity contribution in [3.63, 3.8) is 0 Å². The van der Waals surface area contributed by atoms with Crippen LogP contribution < -0.4 is 4.74 Å². The molecule has 0 N–H and O–H groups in total. The molecule has 0 aliphatic heterocycles. The van der Waals surface area contributed by atoms with Crippen LogP contribution in [-0.2, 0) is 9.53 Å². The minimum Gasteiger partial charge on any atom is -0.492 e. The Labute approximate surface area is 119 Å². The predicted octanol–water partition coefficient (Wildman–Crippen LogP) is 2.46. The molecule has 106 valence electrons. The number of esters is 1. The quantitative estimate of drug-likeness (QED) is 0.722. The maximum absolute atomic E-state index is 11.3. The first-order valence-corrected chi connectivity index (χ1v) is 6.55. The molecular formula is C14H20ClNO3. The lowest BCUT2D eigenvalue weighted by molar-refractivity contribution is -0.145. The first-order chi connectivity index (χ1) is 9.02. The number of methoxy groups -OCH3 is 1. The standard InChI is InChI=1S/C14H20ClNO3/c1-11(14(17)18-3)10-16(2)7-8-19-13-6-4-5-12(15)9-13/h4-6,9,11H,7-8,10H2,1-3H3. The summed E-state index contributed by atoms with van der Waals surface area (Å²) < 4.78 is 10.3. The van der Waals surface area contributed by atoms with Gasteiger partial charge >= 0.3 is 5.97 Å². The average molecular weight is 286 g/mol. The second-order valence-corrected chi connectivity index (χ2v) is 4.93. The van der Waals surface area contributed by atoms with Gasteiger partial charge in [-0.25, -0.2) is 0 Å². The van der Waals surface area contributed by atoms with Gasteiger partial charge in [0.15, 0.2) is 0 Å². The summed E-state index contributed by atoms with van der Waals surface area (Å²) >= 11 is 5.86. The van der Waals surface area contributed by atoms with E-state index in [1.165, 1.54) is 7.11 Å². The Morgan fingerprint density at radius 1 is 1.47 bits per heavy atom. The number of hydrogen-bond donors (Lipinski definition) is 0. The number of ether oxygens (including phenoxy) is 2. The summed E-state index contributed by atoms with van der Waals surface area (Å²) in [6, 6.07) is 7.29. The first kappa shape index (κ1) is 15.8. The molecule has 0 amide bonds. The zero-order valence-corrected chi connectivity index (χ0v) is 12.3. The Morgan fingerprint density at radius 2 is 2.21 bits per heavy atom. The largest absolute Gasteiger partial charge is 0.492 e. The van der Waals surface area contributed by atoms with Crippen LogP contribution in [0.2, 0.25) is 5.02 Å². The van der Waals surface area contributed by atoms with Crippen LogP contribution in [0.25, 0.3) is 0 Å². The normalized spacial score (nSPS) is 12.3. The van der Waals surface area contributed by atoms with Gasteiger partial charge < -0.3 is 14.4 Å². The van der Waals surface area contributed by atoms with E-state index in [-0.39, 0.29) is 11.9 Å². The number of hydrogen-bond acceptors (Lipinski definition) is 4. The molecule has 0 saturated carbocycles. The van der Waals surface area contributed by atoms with Gasteiger partial charge in [0, 0.05) is 18.1 Å². The van der Waals surface area contributed by atoms with Crippen LogP contribution in [0.4, 0.5) is 0 Å². The van der Waals surface area contributed by atoms with Crippen molar-refractivity contribution in [3.8, 4) is 5.75 Å². The monoisotopic (exact) mass is 285 g/mol. The molecule has 1 unspecified atom stereocenters. The molecule has 0 fully saturated rings. The number of carbonyl (C=O) groups is 1. The summed E-state index contributed by atoms with van der Waals surface area (Å²) in [4.78, 5) is 13.3. The second kappa shape index (κ2) is 8.02. The summed E-state index contributed by atoms with van der Waals surface area (Å²) in [5.74, 6) is 0.422. The van der Waals surface area contributed by atoms with E-state index in [1.54, 1.807) is 12.1 Å². The highest BCUT2D eigenvalue weighted by molar-refractivity contribution is 6.30. The van der Waals surface area contributed by atoms with Crippen molar-refractivity contribution in [2.24, 2.45) is 5.92 Å². The Balaban J connectivity index is 2.27. The Bertz CT molecular complexity index is 411. The summed E-state index contributed by atoms with van der Waals surface area (Å²) in [5.41, 5.74) is 0. The van der Waals surface area contributed by atoms with E-state index < -0.39 is 0 Å². The van der Waals surface area contributed by atoms with Gasteiger partial charge in [-0.3, -0.25) is 4.79 Å². The fourth-order valence-electron chi connectivity index (χ4n) is 1.71. The van der Waals surface area contributed by atoms with Crippen molar-refractivity contribution in [2.75, 3.05) is 33.9 Å². The van der Waals surface area contributed by atoms with E-state index in [0.717, 1.165) is 12.3 Å². The van der Waals surface area contributed by atoms with Crippen molar-refractivity contribution >= 4 is 17.6 Å². The van der Waals surface area contributed by atoms with Crippen LogP contribution in [0, 0.1) is 5.92 Å². The summed E-state index contributed by atoms with van der Waals surface area (Å²) in [7, 11) is 3.35. The third-order valence-electron chi connectivity index (χ3n) is 2.73. The van der Waals surface area contributed by atoms with E-state index >= 15 is 0 Å². The zero-order valence-electron chi connectivity index (χ0n) is 11.6. The Morgan fingerprint density at radius 3 is 2.84 bits per heavy atom. The maximum Gasteiger partial charge on any atom is 0.309 e. The third kappa shape index (κ3) is 5.94. The molecule has 0 aliphatic carbocycles. The molecule has 0 bridgehead atoms. The highest BCUT2D eigenvalue weighted by atomic mass is 35.5. The van der Waals surface area contributed by atoms with Crippen molar-refractivity contribution < 1.29 is 14.3 Å². The van der Waals surface area contributed by atoms with Gasteiger partial charge in [-0.2, -0.15) is 0 Å². The lowest BCUT2D eigenvalue weighted by Crippen LogP contribution is -2.32. The van der Waals surface area contributed by atoms with Crippen LogP contribution in [0.15, 0.2) is 24.3 Å². The topological polar surface area (TPSA) is 38.8 Å². The average Bonchev–Trinajstić information content (AvgIpc) is 2.37. The van der Waals surface area contributed by atoms with Gasteiger partial charge in [-0.15, -0.1) is 0 Å². The molecular weight excluding hydrogens is 266 g/mol. The van der Waals surface area contributed by atoms with Gasteiger partial charge in [-0.05, 0) is 25.2 Å². The van der Waals surface area contributed by atoms with Crippen LogP contribution in [-0.4, -0.2) is 44.7 Å². The fraction of sp³-hybridized carbons (Fsp3) is 0.500. The molecule has 0 radical (unpaired) electrons. The third-order valence-corrected chi connectivity index (χ3v) is 2.96. The van der Waals surface area contributed by atoms with Crippen molar-refractivity contribution in [1.82, 2.24) is 4.90 Å². The predicted molar refractivity (Wildman–Crippen MR) is 75.6 cm³/mol. The first-order valence-electron chi connectivity index (χ1n) is 6.17. The highest BCUT2D eigenvalue weighted by Crippen LogP contribution is 2.16. The summed E-state index contributed by atoms with van der Waals surface area (Å²) in [6.07, 6.45) is 0. The van der Waals surface area contributed by atoms with E-state index in [1.807, 2.05) is 31.0 Å². The van der Waals surface area contributed by atoms with Gasteiger partial charge in [0.25, 0.3) is 0 Å². The highest BCUT2D eigenvalue weighted by Gasteiger charge is 2.15. The Kier molecular flexibility index (Phi) is 6.67. The lowest BCUT2D eigenvalue weighted by atomic mass is 10.2. The molecule has 4 nitrogen and oxygen atoms in total. The smallest absolute Gasteiger partial charge is 0.309 e. The molecule has 19 heavy (non-hydrogen) atoms. The molecule has 0 heterocycles. The number of likely N-dealkylation sites (N-methyl/N-ethyl adjacent to an activating group) is 1. The fourth-order valence-corrected chi connectivity index (χ4v) is 1.89. The minimum atomic E-state index is -0.192. The zero-order chi connectivity index (χ0) is 14.3. The molecule has 5 heteroatoms. The van der Waals surface area contributed by atoms with E-state index in [4.69, 9.17) is 16.3 Å². The van der Waals surface area contributed by atoms with Crippen LogP contribution >= 0.6 is 11.6 Å². The number of halogens is 1. The maximum atomic E-state index is 11.3. The van der Waals surface area contributed by atoms with Crippen LogP contribution in [0.1, 0.15) is 6.92 Å². The van der Waals surface area contributed by atoms with Crippen molar-refractivity contribution in [1.29, 1.82) is 0 Å². The van der Waals surface area contributed by atoms with Crippen molar-refractivity contribution in [2.45, 2.75) is 6.92 Å². The summed E-state index contributed by atoms with van der Waals surface area (Å²) in [6.45, 7) is 3.77.